The number of aliphatic hydroxyl groups is 1. The molecule has 0 amide bonds. The summed E-state index contributed by atoms with van der Waals surface area (Å²) in [6.07, 6.45) is 3.04. The van der Waals surface area contributed by atoms with E-state index in [9.17, 15) is 5.11 Å². The third kappa shape index (κ3) is 2.55. The van der Waals surface area contributed by atoms with E-state index < -0.39 is 0 Å². The second-order valence-corrected chi connectivity index (χ2v) is 6.07. The molecule has 0 spiro atoms. The van der Waals surface area contributed by atoms with Crippen molar-refractivity contribution in [2.24, 2.45) is 11.8 Å². The second-order valence-electron chi connectivity index (χ2n) is 6.07. The zero-order valence-electron chi connectivity index (χ0n) is 11.1. The van der Waals surface area contributed by atoms with Crippen LogP contribution in [0.5, 0.6) is 0 Å². The fourth-order valence-corrected chi connectivity index (χ4v) is 3.22. The van der Waals surface area contributed by atoms with Crippen molar-refractivity contribution in [3.63, 3.8) is 0 Å². The van der Waals surface area contributed by atoms with E-state index in [4.69, 9.17) is 0 Å². The van der Waals surface area contributed by atoms with E-state index >= 15 is 0 Å². The Bertz CT molecular complexity index is 357. The number of hydrogen-bond acceptors (Lipinski definition) is 1. The van der Waals surface area contributed by atoms with Crippen LogP contribution in [0.15, 0.2) is 24.3 Å². The van der Waals surface area contributed by atoms with Crippen LogP contribution in [0, 0.1) is 17.9 Å². The van der Waals surface area contributed by atoms with Gasteiger partial charge in [-0.15, -0.1) is 0 Å². The van der Waals surface area contributed by atoms with Gasteiger partial charge in [0, 0.05) is 0 Å². The molecule has 1 aromatic rings. The fraction of sp³-hybridized carbons (Fsp3) is 0.625. The topological polar surface area (TPSA) is 20.2 Å². The van der Waals surface area contributed by atoms with Crippen molar-refractivity contribution in [3.05, 3.63) is 35.9 Å². The van der Waals surface area contributed by atoms with Gasteiger partial charge in [-0.3, -0.25) is 0 Å². The Morgan fingerprint density at radius 3 is 2.53 bits per heavy atom. The maximum atomic E-state index is 10.3. The molecule has 1 aromatic carbocycles. The summed E-state index contributed by atoms with van der Waals surface area (Å²) in [6, 6.07) is 11.3. The molecule has 2 rings (SSSR count). The Morgan fingerprint density at radius 2 is 2.00 bits per heavy atom. The van der Waals surface area contributed by atoms with Gasteiger partial charge in [-0.2, -0.15) is 0 Å². The summed E-state index contributed by atoms with van der Waals surface area (Å²) >= 11 is 0. The van der Waals surface area contributed by atoms with E-state index in [1.165, 1.54) is 12.0 Å². The zero-order valence-corrected chi connectivity index (χ0v) is 11.1. The number of benzene rings is 1. The first-order valence-corrected chi connectivity index (χ1v) is 6.67. The highest BCUT2D eigenvalue weighted by atomic mass is 16.3. The minimum atomic E-state index is -0.155. The highest BCUT2D eigenvalue weighted by molar-refractivity contribution is 5.25. The Kier molecular flexibility index (Phi) is 3.58. The van der Waals surface area contributed by atoms with Crippen LogP contribution < -0.4 is 0 Å². The summed E-state index contributed by atoms with van der Waals surface area (Å²) in [6.45, 7) is 6.71. The van der Waals surface area contributed by atoms with Crippen LogP contribution in [0.1, 0.15) is 45.6 Å². The van der Waals surface area contributed by atoms with Gasteiger partial charge in [0.2, 0.25) is 0 Å². The summed E-state index contributed by atoms with van der Waals surface area (Å²) in [7, 11) is 0. The first-order chi connectivity index (χ1) is 8.03. The van der Waals surface area contributed by atoms with E-state index in [-0.39, 0.29) is 11.5 Å². The van der Waals surface area contributed by atoms with Crippen LogP contribution in [0.4, 0.5) is 0 Å². The Balaban J connectivity index is 2.15. The molecule has 1 radical (unpaired) electrons. The average molecular weight is 231 g/mol. The maximum Gasteiger partial charge on any atom is 0.0579 e. The Labute approximate surface area is 105 Å². The third-order valence-corrected chi connectivity index (χ3v) is 4.45. The van der Waals surface area contributed by atoms with E-state index in [1.807, 2.05) is 12.1 Å². The van der Waals surface area contributed by atoms with Crippen molar-refractivity contribution >= 4 is 0 Å². The summed E-state index contributed by atoms with van der Waals surface area (Å²) < 4.78 is 0. The van der Waals surface area contributed by atoms with Crippen molar-refractivity contribution in [2.45, 2.75) is 51.6 Å². The second kappa shape index (κ2) is 4.81. The van der Waals surface area contributed by atoms with Gasteiger partial charge in [0.1, 0.15) is 0 Å². The van der Waals surface area contributed by atoms with Crippen molar-refractivity contribution < 1.29 is 5.11 Å². The Morgan fingerprint density at radius 1 is 1.35 bits per heavy atom. The van der Waals surface area contributed by atoms with Gasteiger partial charge >= 0.3 is 0 Å². The Hall–Kier alpha value is -0.820. The standard InChI is InChI=1S/C16H23O/c1-12(2)14-9-10-16(3,11-15(14)17)13-7-5-4-6-8-13/h5-8,12,14-15,17H,9-11H2,1-3H3/t14-,15+,16+/m0/s1. The quantitative estimate of drug-likeness (QED) is 0.825. The molecule has 3 atom stereocenters. The minimum Gasteiger partial charge on any atom is -0.393 e. The van der Waals surface area contributed by atoms with E-state index in [2.05, 4.69) is 39.0 Å². The zero-order chi connectivity index (χ0) is 12.5. The smallest absolute Gasteiger partial charge is 0.0579 e. The molecule has 17 heavy (non-hydrogen) atoms. The van der Waals surface area contributed by atoms with Crippen LogP contribution in [0.25, 0.3) is 0 Å². The largest absolute Gasteiger partial charge is 0.393 e. The lowest BCUT2D eigenvalue weighted by molar-refractivity contribution is 0.0152. The number of hydrogen-bond donors (Lipinski definition) is 1. The van der Waals surface area contributed by atoms with E-state index in [0.717, 1.165) is 12.8 Å². The molecule has 0 unspecified atom stereocenters. The van der Waals surface area contributed by atoms with Crippen LogP contribution in [0.2, 0.25) is 0 Å². The lowest BCUT2D eigenvalue weighted by Gasteiger charge is -2.42. The van der Waals surface area contributed by atoms with Crippen LogP contribution >= 0.6 is 0 Å². The molecule has 0 aliphatic heterocycles. The molecular weight excluding hydrogens is 208 g/mol. The molecule has 1 nitrogen and oxygen atoms in total. The molecule has 93 valence electrons. The minimum absolute atomic E-state index is 0.139. The fourth-order valence-electron chi connectivity index (χ4n) is 3.22. The summed E-state index contributed by atoms with van der Waals surface area (Å²) in [5.74, 6) is 1.05. The van der Waals surface area contributed by atoms with Crippen LogP contribution in [0.3, 0.4) is 0 Å². The average Bonchev–Trinajstić information content (AvgIpc) is 2.29. The van der Waals surface area contributed by atoms with Gasteiger partial charge in [0.05, 0.1) is 6.10 Å². The lowest BCUT2D eigenvalue weighted by atomic mass is 9.64. The lowest BCUT2D eigenvalue weighted by Crippen LogP contribution is -2.40. The van der Waals surface area contributed by atoms with Crippen molar-refractivity contribution in [1.82, 2.24) is 0 Å². The third-order valence-electron chi connectivity index (χ3n) is 4.45. The first-order valence-electron chi connectivity index (χ1n) is 6.67. The molecular formula is C16H23O. The van der Waals surface area contributed by atoms with Gasteiger partial charge in [-0.25, -0.2) is 0 Å². The van der Waals surface area contributed by atoms with E-state index in [1.54, 1.807) is 0 Å². The van der Waals surface area contributed by atoms with Crippen molar-refractivity contribution in [1.29, 1.82) is 0 Å². The van der Waals surface area contributed by atoms with Crippen molar-refractivity contribution in [3.8, 4) is 0 Å². The molecule has 1 aliphatic rings. The van der Waals surface area contributed by atoms with Gasteiger partial charge in [0.15, 0.2) is 0 Å². The predicted molar refractivity (Wildman–Crippen MR) is 70.8 cm³/mol. The van der Waals surface area contributed by atoms with Crippen molar-refractivity contribution in [2.75, 3.05) is 0 Å². The molecule has 1 saturated carbocycles. The summed E-state index contributed by atoms with van der Waals surface area (Å²) in [5.41, 5.74) is 1.48. The molecule has 1 aliphatic carbocycles. The summed E-state index contributed by atoms with van der Waals surface area (Å²) in [5, 5.41) is 10.3. The molecule has 0 saturated heterocycles. The normalized spacial score (nSPS) is 33.9. The number of rotatable bonds is 2. The molecule has 0 bridgehead atoms. The SMILES string of the molecule is CC(C)[C@@H]1CC[C@@](C)(c2cc[c]cc2)C[C@H]1O. The molecule has 1 heteroatoms. The van der Waals surface area contributed by atoms with Gasteiger partial charge < -0.3 is 5.11 Å². The molecule has 0 heterocycles. The molecule has 1 fully saturated rings. The molecule has 0 aromatic heterocycles. The van der Waals surface area contributed by atoms with E-state index in [0.29, 0.717) is 11.8 Å². The molecule has 1 N–H and O–H groups in total. The van der Waals surface area contributed by atoms with Gasteiger partial charge in [-0.05, 0) is 48.1 Å². The first kappa shape index (κ1) is 12.6. The highest BCUT2D eigenvalue weighted by Crippen LogP contribution is 2.43. The van der Waals surface area contributed by atoms with Crippen LogP contribution in [-0.4, -0.2) is 11.2 Å². The monoisotopic (exact) mass is 231 g/mol. The maximum absolute atomic E-state index is 10.3. The van der Waals surface area contributed by atoms with Gasteiger partial charge in [-0.1, -0.05) is 45.0 Å². The predicted octanol–water partition coefficient (Wildman–Crippen LogP) is 3.56. The number of aliphatic hydroxyl groups excluding tert-OH is 1. The van der Waals surface area contributed by atoms with Gasteiger partial charge in [0.25, 0.3) is 0 Å². The van der Waals surface area contributed by atoms with Crippen LogP contribution in [-0.2, 0) is 5.41 Å². The summed E-state index contributed by atoms with van der Waals surface area (Å²) in [4.78, 5) is 0. The highest BCUT2D eigenvalue weighted by Gasteiger charge is 2.38.